The molecule has 2 atom stereocenters. The summed E-state index contributed by atoms with van der Waals surface area (Å²) in [6.45, 7) is 2.08. The van der Waals surface area contributed by atoms with Crippen molar-refractivity contribution in [1.29, 1.82) is 0 Å². The van der Waals surface area contributed by atoms with Gasteiger partial charge in [0, 0.05) is 12.1 Å². The van der Waals surface area contributed by atoms with E-state index >= 15 is 0 Å². The van der Waals surface area contributed by atoms with Crippen molar-refractivity contribution in [1.82, 2.24) is 10.3 Å². The predicted octanol–water partition coefficient (Wildman–Crippen LogP) is 0.513. The SMILES string of the molecule is CC1CC1NC(=O)c1cccc(=O)[nH]1. The van der Waals surface area contributed by atoms with Gasteiger partial charge in [0.05, 0.1) is 0 Å². The number of aromatic amines is 1. The minimum Gasteiger partial charge on any atom is -0.348 e. The molecule has 1 saturated carbocycles. The summed E-state index contributed by atoms with van der Waals surface area (Å²) in [4.78, 5) is 24.9. The van der Waals surface area contributed by atoms with E-state index < -0.39 is 0 Å². The van der Waals surface area contributed by atoms with Crippen molar-refractivity contribution >= 4 is 5.91 Å². The maximum Gasteiger partial charge on any atom is 0.268 e. The summed E-state index contributed by atoms with van der Waals surface area (Å²) in [7, 11) is 0. The maximum absolute atomic E-state index is 11.5. The number of pyridine rings is 1. The first-order valence-electron chi connectivity index (χ1n) is 4.67. The van der Waals surface area contributed by atoms with Crippen LogP contribution in [0, 0.1) is 5.92 Å². The lowest BCUT2D eigenvalue weighted by Gasteiger charge is -2.02. The first-order valence-corrected chi connectivity index (χ1v) is 4.67. The number of amides is 1. The molecule has 1 aromatic rings. The number of H-pyrrole nitrogens is 1. The zero-order chi connectivity index (χ0) is 10.1. The molecule has 1 aliphatic rings. The summed E-state index contributed by atoms with van der Waals surface area (Å²) < 4.78 is 0. The Morgan fingerprint density at radius 1 is 1.57 bits per heavy atom. The minimum absolute atomic E-state index is 0.197. The van der Waals surface area contributed by atoms with E-state index in [9.17, 15) is 9.59 Å². The number of hydrogen-bond acceptors (Lipinski definition) is 2. The van der Waals surface area contributed by atoms with Gasteiger partial charge >= 0.3 is 0 Å². The van der Waals surface area contributed by atoms with E-state index in [-0.39, 0.29) is 17.5 Å². The second kappa shape index (κ2) is 3.29. The Labute approximate surface area is 81.3 Å². The molecule has 1 aromatic heterocycles. The number of carbonyl (C=O) groups excluding carboxylic acids is 1. The van der Waals surface area contributed by atoms with Gasteiger partial charge in [-0.05, 0) is 18.4 Å². The second-order valence-corrected chi connectivity index (χ2v) is 3.72. The van der Waals surface area contributed by atoms with Gasteiger partial charge in [-0.2, -0.15) is 0 Å². The first-order chi connectivity index (χ1) is 6.66. The molecular weight excluding hydrogens is 180 g/mol. The second-order valence-electron chi connectivity index (χ2n) is 3.72. The molecule has 2 unspecified atom stereocenters. The molecule has 0 saturated heterocycles. The Bertz CT molecular complexity index is 411. The third kappa shape index (κ3) is 1.84. The van der Waals surface area contributed by atoms with Crippen LogP contribution >= 0.6 is 0 Å². The fraction of sp³-hybridized carbons (Fsp3) is 0.400. The van der Waals surface area contributed by atoms with Gasteiger partial charge in [0.2, 0.25) is 5.56 Å². The zero-order valence-electron chi connectivity index (χ0n) is 7.91. The van der Waals surface area contributed by atoms with Crippen molar-refractivity contribution in [3.05, 3.63) is 34.2 Å². The highest BCUT2D eigenvalue weighted by atomic mass is 16.2. The van der Waals surface area contributed by atoms with Crippen molar-refractivity contribution in [2.45, 2.75) is 19.4 Å². The molecule has 2 rings (SSSR count). The molecule has 0 radical (unpaired) electrons. The summed E-state index contributed by atoms with van der Waals surface area (Å²) in [5, 5.41) is 2.84. The third-order valence-corrected chi connectivity index (χ3v) is 2.44. The molecule has 14 heavy (non-hydrogen) atoms. The van der Waals surface area contributed by atoms with Crippen molar-refractivity contribution in [2.24, 2.45) is 5.92 Å². The number of hydrogen-bond donors (Lipinski definition) is 2. The molecule has 1 amide bonds. The minimum atomic E-state index is -0.249. The lowest BCUT2D eigenvalue weighted by Crippen LogP contribution is -2.28. The Morgan fingerprint density at radius 3 is 2.86 bits per heavy atom. The van der Waals surface area contributed by atoms with Gasteiger partial charge in [-0.1, -0.05) is 13.0 Å². The van der Waals surface area contributed by atoms with Gasteiger partial charge in [0.25, 0.3) is 5.91 Å². The number of carbonyl (C=O) groups is 1. The quantitative estimate of drug-likeness (QED) is 0.717. The van der Waals surface area contributed by atoms with Crippen LogP contribution in [0.5, 0.6) is 0 Å². The molecular formula is C10H12N2O2. The van der Waals surface area contributed by atoms with Crippen LogP contribution in [0.4, 0.5) is 0 Å². The summed E-state index contributed by atoms with van der Waals surface area (Å²) in [6.07, 6.45) is 1.03. The molecule has 4 heteroatoms. The zero-order valence-corrected chi connectivity index (χ0v) is 7.91. The van der Waals surface area contributed by atoms with Gasteiger partial charge in [-0.3, -0.25) is 9.59 Å². The van der Waals surface area contributed by atoms with Crippen LogP contribution in [0.2, 0.25) is 0 Å². The van der Waals surface area contributed by atoms with Crippen molar-refractivity contribution in [3.8, 4) is 0 Å². The summed E-state index contributed by atoms with van der Waals surface area (Å²) in [5.41, 5.74) is 0.0816. The average molecular weight is 192 g/mol. The van der Waals surface area contributed by atoms with Gasteiger partial charge in [0.15, 0.2) is 0 Å². The Morgan fingerprint density at radius 2 is 2.29 bits per heavy atom. The van der Waals surface area contributed by atoms with Crippen LogP contribution in [0.3, 0.4) is 0 Å². The normalized spacial score (nSPS) is 24.4. The average Bonchev–Trinajstić information content (AvgIpc) is 2.81. The van der Waals surface area contributed by atoms with Gasteiger partial charge in [0.1, 0.15) is 5.69 Å². The molecule has 0 aliphatic heterocycles. The lowest BCUT2D eigenvalue weighted by atomic mass is 10.3. The molecule has 0 aromatic carbocycles. The number of aromatic nitrogens is 1. The topological polar surface area (TPSA) is 62.0 Å². The largest absolute Gasteiger partial charge is 0.348 e. The van der Waals surface area contributed by atoms with E-state index in [1.165, 1.54) is 6.07 Å². The van der Waals surface area contributed by atoms with Gasteiger partial charge < -0.3 is 10.3 Å². The Hall–Kier alpha value is -1.58. The number of nitrogens with one attached hydrogen (secondary N) is 2. The lowest BCUT2D eigenvalue weighted by molar-refractivity contribution is 0.0944. The third-order valence-electron chi connectivity index (χ3n) is 2.44. The first kappa shape index (κ1) is 8.99. The van der Waals surface area contributed by atoms with Crippen LogP contribution in [-0.4, -0.2) is 16.9 Å². The molecule has 1 aliphatic carbocycles. The molecule has 0 bridgehead atoms. The fourth-order valence-corrected chi connectivity index (χ4v) is 1.35. The van der Waals surface area contributed by atoms with E-state index in [4.69, 9.17) is 0 Å². The van der Waals surface area contributed by atoms with Gasteiger partial charge in [-0.15, -0.1) is 0 Å². The molecule has 4 nitrogen and oxygen atoms in total. The van der Waals surface area contributed by atoms with E-state index in [1.807, 2.05) is 0 Å². The molecule has 1 heterocycles. The highest BCUT2D eigenvalue weighted by Crippen LogP contribution is 2.28. The van der Waals surface area contributed by atoms with E-state index in [0.717, 1.165) is 6.42 Å². The molecule has 2 N–H and O–H groups in total. The highest BCUT2D eigenvalue weighted by molar-refractivity contribution is 5.92. The van der Waals surface area contributed by atoms with Crippen LogP contribution in [0.25, 0.3) is 0 Å². The molecule has 0 spiro atoms. The maximum atomic E-state index is 11.5. The van der Waals surface area contributed by atoms with Crippen LogP contribution < -0.4 is 10.9 Å². The van der Waals surface area contributed by atoms with Crippen molar-refractivity contribution in [2.75, 3.05) is 0 Å². The van der Waals surface area contributed by atoms with E-state index in [0.29, 0.717) is 11.6 Å². The van der Waals surface area contributed by atoms with E-state index in [1.54, 1.807) is 12.1 Å². The fourth-order valence-electron chi connectivity index (χ4n) is 1.35. The standard InChI is InChI=1S/C10H12N2O2/c1-6-5-8(6)12-10(14)7-3-2-4-9(13)11-7/h2-4,6,8H,5H2,1H3,(H,11,13)(H,12,14). The van der Waals surface area contributed by atoms with Crippen molar-refractivity contribution in [3.63, 3.8) is 0 Å². The number of rotatable bonds is 2. The molecule has 74 valence electrons. The summed E-state index contributed by atoms with van der Waals surface area (Å²) >= 11 is 0. The van der Waals surface area contributed by atoms with Crippen molar-refractivity contribution < 1.29 is 4.79 Å². The predicted molar refractivity (Wildman–Crippen MR) is 52.1 cm³/mol. The van der Waals surface area contributed by atoms with Crippen LogP contribution in [0.1, 0.15) is 23.8 Å². The molecule has 1 fully saturated rings. The van der Waals surface area contributed by atoms with Crippen LogP contribution in [0.15, 0.2) is 23.0 Å². The van der Waals surface area contributed by atoms with Crippen LogP contribution in [-0.2, 0) is 0 Å². The Balaban J connectivity index is 2.07. The van der Waals surface area contributed by atoms with E-state index in [2.05, 4.69) is 17.2 Å². The smallest absolute Gasteiger partial charge is 0.268 e. The highest BCUT2D eigenvalue weighted by Gasteiger charge is 2.34. The Kier molecular flexibility index (Phi) is 2.11. The van der Waals surface area contributed by atoms with Gasteiger partial charge in [-0.25, -0.2) is 0 Å². The summed E-state index contributed by atoms with van der Waals surface area (Å²) in [6, 6.07) is 4.84. The summed E-state index contributed by atoms with van der Waals surface area (Å²) in [5.74, 6) is 0.367. The monoisotopic (exact) mass is 192 g/mol.